The van der Waals surface area contributed by atoms with Crippen LogP contribution in [0.4, 0.5) is 0 Å². The lowest BCUT2D eigenvalue weighted by molar-refractivity contribution is 0.293. The fraction of sp³-hybridized carbons (Fsp3) is 0.636. The Kier molecular flexibility index (Phi) is 6.09. The van der Waals surface area contributed by atoms with Gasteiger partial charge in [0.05, 0.1) is 6.61 Å². The van der Waals surface area contributed by atoms with Gasteiger partial charge in [-0.05, 0) is 6.42 Å². The summed E-state index contributed by atoms with van der Waals surface area (Å²) in [5.74, 6) is 0.561. The lowest BCUT2D eigenvalue weighted by atomic mass is 10.2. The van der Waals surface area contributed by atoms with E-state index in [1.807, 2.05) is 0 Å². The molecule has 3 nitrogen and oxygen atoms in total. The standard InChI is InChI=1S/C11H17ClN2O/c1-2-3-4-5-6-7-15-11-8-10(12)13-9-14-11/h8-9H,2-7H2,1H3. The number of halogens is 1. The number of ether oxygens (including phenoxy) is 1. The van der Waals surface area contributed by atoms with Crippen LogP contribution in [-0.4, -0.2) is 16.6 Å². The van der Waals surface area contributed by atoms with E-state index < -0.39 is 0 Å². The minimum absolute atomic E-state index is 0.422. The summed E-state index contributed by atoms with van der Waals surface area (Å²) in [5.41, 5.74) is 0. The van der Waals surface area contributed by atoms with E-state index in [-0.39, 0.29) is 0 Å². The summed E-state index contributed by atoms with van der Waals surface area (Å²) in [6, 6.07) is 1.63. The molecule has 0 atom stereocenters. The summed E-state index contributed by atoms with van der Waals surface area (Å²) in [7, 11) is 0. The highest BCUT2D eigenvalue weighted by Gasteiger charge is 1.96. The molecule has 1 aromatic rings. The minimum Gasteiger partial charge on any atom is -0.478 e. The Hall–Kier alpha value is -0.830. The molecule has 1 rings (SSSR count). The molecule has 0 fully saturated rings. The monoisotopic (exact) mass is 228 g/mol. The van der Waals surface area contributed by atoms with E-state index in [0.717, 1.165) is 6.42 Å². The van der Waals surface area contributed by atoms with Gasteiger partial charge in [0.25, 0.3) is 0 Å². The predicted octanol–water partition coefficient (Wildman–Crippen LogP) is 3.48. The summed E-state index contributed by atoms with van der Waals surface area (Å²) in [5, 5.41) is 0.422. The van der Waals surface area contributed by atoms with Crippen molar-refractivity contribution in [1.29, 1.82) is 0 Å². The first-order valence-corrected chi connectivity index (χ1v) is 5.81. The molecule has 0 radical (unpaired) electrons. The van der Waals surface area contributed by atoms with Gasteiger partial charge in [-0.1, -0.05) is 44.2 Å². The van der Waals surface area contributed by atoms with Crippen LogP contribution in [0.1, 0.15) is 39.0 Å². The molecule has 0 aliphatic heterocycles. The second kappa shape index (κ2) is 7.46. The molecule has 0 aliphatic carbocycles. The fourth-order valence-electron chi connectivity index (χ4n) is 1.28. The highest BCUT2D eigenvalue weighted by Crippen LogP contribution is 2.11. The second-order valence-electron chi connectivity index (χ2n) is 3.44. The third kappa shape index (κ3) is 5.57. The highest BCUT2D eigenvalue weighted by atomic mass is 35.5. The van der Waals surface area contributed by atoms with Gasteiger partial charge < -0.3 is 4.74 Å². The van der Waals surface area contributed by atoms with Crippen LogP contribution in [0.25, 0.3) is 0 Å². The second-order valence-corrected chi connectivity index (χ2v) is 3.83. The van der Waals surface area contributed by atoms with Crippen LogP contribution >= 0.6 is 11.6 Å². The van der Waals surface area contributed by atoms with E-state index in [2.05, 4.69) is 16.9 Å². The minimum atomic E-state index is 0.422. The van der Waals surface area contributed by atoms with Gasteiger partial charge in [0.2, 0.25) is 5.88 Å². The van der Waals surface area contributed by atoms with Crippen LogP contribution in [0.2, 0.25) is 5.15 Å². The quantitative estimate of drug-likeness (QED) is 0.530. The van der Waals surface area contributed by atoms with E-state index >= 15 is 0 Å². The summed E-state index contributed by atoms with van der Waals surface area (Å²) < 4.78 is 5.43. The van der Waals surface area contributed by atoms with Crippen molar-refractivity contribution in [3.63, 3.8) is 0 Å². The molecular formula is C11H17ClN2O. The Bertz CT molecular complexity index is 281. The molecule has 1 heterocycles. The topological polar surface area (TPSA) is 35.0 Å². The number of unbranched alkanes of at least 4 members (excludes halogenated alkanes) is 4. The molecule has 0 N–H and O–H groups in total. The molecule has 15 heavy (non-hydrogen) atoms. The zero-order valence-electron chi connectivity index (χ0n) is 9.08. The molecule has 84 valence electrons. The van der Waals surface area contributed by atoms with Crippen LogP contribution in [-0.2, 0) is 0 Å². The maximum absolute atomic E-state index is 5.70. The van der Waals surface area contributed by atoms with Crippen LogP contribution in [0.15, 0.2) is 12.4 Å². The number of hydrogen-bond acceptors (Lipinski definition) is 3. The van der Waals surface area contributed by atoms with Gasteiger partial charge in [0.1, 0.15) is 11.5 Å². The van der Waals surface area contributed by atoms with Crippen LogP contribution in [0, 0.1) is 0 Å². The van der Waals surface area contributed by atoms with Crippen LogP contribution in [0.3, 0.4) is 0 Å². The van der Waals surface area contributed by atoms with Gasteiger partial charge in [-0.2, -0.15) is 0 Å². The zero-order chi connectivity index (χ0) is 10.9. The predicted molar refractivity (Wildman–Crippen MR) is 61.3 cm³/mol. The number of nitrogens with zero attached hydrogens (tertiary/aromatic N) is 2. The van der Waals surface area contributed by atoms with E-state index in [0.29, 0.717) is 17.6 Å². The van der Waals surface area contributed by atoms with Gasteiger partial charge in [0.15, 0.2) is 0 Å². The van der Waals surface area contributed by atoms with Crippen molar-refractivity contribution in [2.24, 2.45) is 0 Å². The summed E-state index contributed by atoms with van der Waals surface area (Å²) in [4.78, 5) is 7.74. The van der Waals surface area contributed by atoms with Gasteiger partial charge in [0, 0.05) is 6.07 Å². The van der Waals surface area contributed by atoms with E-state index in [1.165, 1.54) is 32.0 Å². The number of rotatable bonds is 7. The van der Waals surface area contributed by atoms with Crippen molar-refractivity contribution in [3.8, 4) is 5.88 Å². The molecule has 0 saturated carbocycles. The summed E-state index contributed by atoms with van der Waals surface area (Å²) in [6.45, 7) is 2.91. The molecule has 0 aromatic carbocycles. The van der Waals surface area contributed by atoms with Crippen molar-refractivity contribution in [3.05, 3.63) is 17.5 Å². The Labute approximate surface area is 95.8 Å². The van der Waals surface area contributed by atoms with Crippen molar-refractivity contribution >= 4 is 11.6 Å². The van der Waals surface area contributed by atoms with Crippen LogP contribution < -0.4 is 4.74 Å². The lowest BCUT2D eigenvalue weighted by Gasteiger charge is -2.04. The average molecular weight is 229 g/mol. The molecule has 0 bridgehead atoms. The Balaban J connectivity index is 2.10. The van der Waals surface area contributed by atoms with Crippen molar-refractivity contribution in [1.82, 2.24) is 9.97 Å². The SMILES string of the molecule is CCCCCCCOc1cc(Cl)ncn1. The third-order valence-electron chi connectivity index (χ3n) is 2.11. The molecule has 0 spiro atoms. The Morgan fingerprint density at radius 3 is 2.73 bits per heavy atom. The molecular weight excluding hydrogens is 212 g/mol. The Morgan fingerprint density at radius 1 is 1.20 bits per heavy atom. The normalized spacial score (nSPS) is 10.3. The first-order valence-electron chi connectivity index (χ1n) is 5.43. The maximum Gasteiger partial charge on any atom is 0.217 e. The fourth-order valence-corrected chi connectivity index (χ4v) is 1.42. The lowest BCUT2D eigenvalue weighted by Crippen LogP contribution is -1.99. The van der Waals surface area contributed by atoms with Crippen molar-refractivity contribution in [2.45, 2.75) is 39.0 Å². The summed E-state index contributed by atoms with van der Waals surface area (Å²) >= 11 is 5.70. The molecule has 0 amide bonds. The maximum atomic E-state index is 5.70. The zero-order valence-corrected chi connectivity index (χ0v) is 9.83. The van der Waals surface area contributed by atoms with Gasteiger partial charge in [-0.15, -0.1) is 0 Å². The highest BCUT2D eigenvalue weighted by molar-refractivity contribution is 6.29. The molecule has 0 unspecified atom stereocenters. The third-order valence-corrected chi connectivity index (χ3v) is 2.31. The number of aromatic nitrogens is 2. The van der Waals surface area contributed by atoms with Gasteiger partial charge in [-0.25, -0.2) is 9.97 Å². The van der Waals surface area contributed by atoms with Crippen molar-refractivity contribution < 1.29 is 4.74 Å². The Morgan fingerprint density at radius 2 is 2.00 bits per heavy atom. The average Bonchev–Trinajstić information content (AvgIpc) is 2.23. The molecule has 4 heteroatoms. The van der Waals surface area contributed by atoms with Crippen LogP contribution in [0.5, 0.6) is 5.88 Å². The molecule has 0 saturated heterocycles. The van der Waals surface area contributed by atoms with Crippen molar-refractivity contribution in [2.75, 3.05) is 6.61 Å². The molecule has 1 aromatic heterocycles. The van der Waals surface area contributed by atoms with Gasteiger partial charge >= 0.3 is 0 Å². The summed E-state index contributed by atoms with van der Waals surface area (Å²) in [6.07, 6.45) is 7.55. The van der Waals surface area contributed by atoms with Gasteiger partial charge in [-0.3, -0.25) is 0 Å². The largest absolute Gasteiger partial charge is 0.478 e. The number of hydrogen-bond donors (Lipinski definition) is 0. The van der Waals surface area contributed by atoms with E-state index in [9.17, 15) is 0 Å². The van der Waals surface area contributed by atoms with E-state index in [1.54, 1.807) is 6.07 Å². The van der Waals surface area contributed by atoms with E-state index in [4.69, 9.17) is 16.3 Å². The first-order chi connectivity index (χ1) is 7.33. The molecule has 0 aliphatic rings. The first kappa shape index (κ1) is 12.2. The smallest absolute Gasteiger partial charge is 0.217 e.